The second-order valence-electron chi connectivity index (χ2n) is 6.55. The predicted molar refractivity (Wildman–Crippen MR) is 114 cm³/mol. The molecule has 0 radical (unpaired) electrons. The van der Waals surface area contributed by atoms with E-state index in [2.05, 4.69) is 28.5 Å². The van der Waals surface area contributed by atoms with Gasteiger partial charge in [-0.2, -0.15) is 8.78 Å². The van der Waals surface area contributed by atoms with E-state index in [0.29, 0.717) is 43.4 Å². The molecule has 6 nitrogen and oxygen atoms in total. The van der Waals surface area contributed by atoms with Gasteiger partial charge in [-0.15, -0.1) is 0 Å². The van der Waals surface area contributed by atoms with Crippen molar-refractivity contribution in [3.8, 4) is 0 Å². The molecule has 1 saturated heterocycles. The van der Waals surface area contributed by atoms with Gasteiger partial charge < -0.3 is 15.1 Å². The Morgan fingerprint density at radius 3 is 2.52 bits per heavy atom. The Kier molecular flexibility index (Phi) is 7.64. The first-order chi connectivity index (χ1) is 13.8. The van der Waals surface area contributed by atoms with Crippen molar-refractivity contribution in [2.75, 3.05) is 31.5 Å². The molecule has 2 heterocycles. The number of hydrogen-bond donors (Lipinski definition) is 1. The van der Waals surface area contributed by atoms with Gasteiger partial charge in [0, 0.05) is 40.2 Å². The number of alkyl halides is 2. The average molecular weight is 405 g/mol. The van der Waals surface area contributed by atoms with Crippen LogP contribution >= 0.6 is 0 Å². The summed E-state index contributed by atoms with van der Waals surface area (Å²) in [5.41, 5.74) is 0.796. The lowest BCUT2D eigenvalue weighted by Crippen LogP contribution is -2.51. The van der Waals surface area contributed by atoms with Crippen molar-refractivity contribution in [1.29, 1.82) is 0 Å². The highest BCUT2D eigenvalue weighted by molar-refractivity contribution is 6.00. The Labute approximate surface area is 171 Å². The third kappa shape index (κ3) is 5.73. The minimum Gasteiger partial charge on any atom is -0.352 e. The van der Waals surface area contributed by atoms with Gasteiger partial charge in [0.2, 0.25) is 5.91 Å². The van der Waals surface area contributed by atoms with Crippen LogP contribution in [-0.4, -0.2) is 52.7 Å². The summed E-state index contributed by atoms with van der Waals surface area (Å²) in [4.78, 5) is 23.8. The highest BCUT2D eigenvalue weighted by Crippen LogP contribution is 2.30. The van der Waals surface area contributed by atoms with Crippen molar-refractivity contribution in [2.24, 2.45) is 4.99 Å². The third-order valence-electron chi connectivity index (χ3n) is 4.56. The van der Waals surface area contributed by atoms with Crippen LogP contribution in [0.3, 0.4) is 0 Å². The molecule has 29 heavy (non-hydrogen) atoms. The Balaban J connectivity index is 0.00000450. The van der Waals surface area contributed by atoms with Crippen LogP contribution in [0.15, 0.2) is 60.5 Å². The number of rotatable bonds is 7. The van der Waals surface area contributed by atoms with Gasteiger partial charge in [-0.05, 0) is 25.1 Å². The van der Waals surface area contributed by atoms with Crippen molar-refractivity contribution >= 4 is 17.4 Å². The molecule has 1 N–H and O–H groups in total. The van der Waals surface area contributed by atoms with E-state index in [4.69, 9.17) is 0 Å². The summed E-state index contributed by atoms with van der Waals surface area (Å²) in [5, 5.41) is 3.09. The topological polar surface area (TPSA) is 60.8 Å². The number of pyridine rings is 1. The van der Waals surface area contributed by atoms with Crippen molar-refractivity contribution in [3.05, 3.63) is 61.2 Å². The van der Waals surface area contributed by atoms with Crippen molar-refractivity contribution < 1.29 is 15.0 Å². The fourth-order valence-electron chi connectivity index (χ4n) is 2.86. The number of nitrogens with zero attached hydrogens (tertiary/aromatic N) is 4. The summed E-state index contributed by atoms with van der Waals surface area (Å²) in [6.45, 7) is 13.1. The minimum atomic E-state index is -2.95. The smallest absolute Gasteiger partial charge is 0.289 e. The molecular weight excluding hydrogens is 376 g/mol. The van der Waals surface area contributed by atoms with Gasteiger partial charge in [0.25, 0.3) is 5.92 Å². The number of anilines is 1. The second-order valence-corrected chi connectivity index (χ2v) is 6.55. The zero-order valence-corrected chi connectivity index (χ0v) is 16.9. The van der Waals surface area contributed by atoms with Crippen molar-refractivity contribution in [2.45, 2.75) is 26.2 Å². The molecule has 1 aromatic rings. The number of nitrogens with one attached hydrogen (secondary N) is 1. The number of halogens is 2. The number of aromatic nitrogens is 1. The van der Waals surface area contributed by atoms with Gasteiger partial charge in [-0.25, -0.2) is 4.99 Å². The van der Waals surface area contributed by atoms with E-state index in [1.54, 1.807) is 23.2 Å². The normalized spacial score (nSPS) is 15.5. The summed E-state index contributed by atoms with van der Waals surface area (Å²) >= 11 is 0. The summed E-state index contributed by atoms with van der Waals surface area (Å²) in [5.74, 6) is -2.42. The van der Waals surface area contributed by atoms with Crippen molar-refractivity contribution in [3.63, 3.8) is 0 Å². The number of hydrogen-bond acceptors (Lipinski definition) is 4. The van der Waals surface area contributed by atoms with Gasteiger partial charge in [-0.1, -0.05) is 26.2 Å². The van der Waals surface area contributed by atoms with Crippen LogP contribution in [0.4, 0.5) is 14.5 Å². The Morgan fingerprint density at radius 1 is 1.34 bits per heavy atom. The molecule has 2 rings (SSSR count). The lowest BCUT2D eigenvalue weighted by molar-refractivity contribution is -0.127. The van der Waals surface area contributed by atoms with Gasteiger partial charge in [-0.3, -0.25) is 9.78 Å². The van der Waals surface area contributed by atoms with Crippen LogP contribution in [0.5, 0.6) is 0 Å². The molecule has 1 fully saturated rings. The molecule has 0 aliphatic carbocycles. The van der Waals surface area contributed by atoms with E-state index < -0.39 is 5.92 Å². The van der Waals surface area contributed by atoms with Gasteiger partial charge in [0.05, 0.1) is 17.6 Å². The van der Waals surface area contributed by atoms with E-state index >= 15 is 0 Å². The number of amides is 1. The maximum atomic E-state index is 13.7. The van der Waals surface area contributed by atoms with Crippen LogP contribution < -0.4 is 5.32 Å². The van der Waals surface area contributed by atoms with Gasteiger partial charge >= 0.3 is 0 Å². The molecule has 0 saturated carbocycles. The first kappa shape index (κ1) is 22.3. The Bertz CT molecular complexity index is 800. The van der Waals surface area contributed by atoms with Gasteiger partial charge in [0.15, 0.2) is 5.84 Å². The number of piperazine rings is 1. The number of amidine groups is 1. The predicted octanol–water partition coefficient (Wildman–Crippen LogP) is 4.02. The second kappa shape index (κ2) is 9.95. The molecule has 1 aromatic heterocycles. The van der Waals surface area contributed by atoms with E-state index in [9.17, 15) is 13.6 Å². The Morgan fingerprint density at radius 2 is 2.00 bits per heavy atom. The van der Waals surface area contributed by atoms with Crippen LogP contribution in [0.1, 0.15) is 27.4 Å². The number of allylic oxidation sites excluding steroid dienone is 1. The maximum absolute atomic E-state index is 13.7. The first-order valence-corrected chi connectivity index (χ1v) is 9.48. The SMILES string of the molecule is C=CC(=O)N1CCN(C(=N/C=C\C)C(=C)Nc2ccc(C(F)(F)CC)nc2)CC1.[HH]. The van der Waals surface area contributed by atoms with Crippen molar-refractivity contribution in [1.82, 2.24) is 14.8 Å². The van der Waals surface area contributed by atoms with Crippen LogP contribution in [-0.2, 0) is 10.7 Å². The average Bonchev–Trinajstić information content (AvgIpc) is 2.74. The zero-order chi connectivity index (χ0) is 21.4. The molecule has 158 valence electrons. The molecule has 0 spiro atoms. The highest BCUT2D eigenvalue weighted by atomic mass is 19.3. The van der Waals surface area contributed by atoms with Crippen LogP contribution in [0, 0.1) is 0 Å². The van der Waals surface area contributed by atoms with Crippen LogP contribution in [0.2, 0.25) is 0 Å². The number of carbonyl (C=O) groups excluding carboxylic acids is 1. The quantitative estimate of drug-likeness (QED) is 0.423. The molecule has 0 atom stereocenters. The fraction of sp³-hybridized carbons (Fsp3) is 0.381. The molecule has 0 aromatic carbocycles. The molecule has 8 heteroatoms. The highest BCUT2D eigenvalue weighted by Gasteiger charge is 2.30. The lowest BCUT2D eigenvalue weighted by Gasteiger charge is -2.36. The monoisotopic (exact) mass is 405 g/mol. The molecular formula is C21H29F2N5O. The first-order valence-electron chi connectivity index (χ1n) is 9.48. The molecule has 0 unspecified atom stereocenters. The minimum absolute atomic E-state index is 0. The summed E-state index contributed by atoms with van der Waals surface area (Å²) < 4.78 is 27.5. The zero-order valence-electron chi connectivity index (χ0n) is 16.9. The lowest BCUT2D eigenvalue weighted by atomic mass is 10.1. The van der Waals surface area contributed by atoms with Gasteiger partial charge in [0.1, 0.15) is 5.69 Å². The molecule has 0 bridgehead atoms. The third-order valence-corrected chi connectivity index (χ3v) is 4.56. The molecule has 1 amide bonds. The standard InChI is InChI=1S/C21H27F2N5O.H2/c1-5-10-24-20(28-13-11-27(12-14-28)19(29)6-2)16(4)26-17-8-9-18(25-15-17)21(22,23)7-3;/h5-6,8-10,15,26H,2,4,7,11-14H2,1,3H3;1H/b10-5-,24-20?;. The number of carbonyl (C=O) groups is 1. The maximum Gasteiger partial charge on any atom is 0.289 e. The Hall–Kier alpha value is -3.03. The molecule has 1 aliphatic rings. The fourth-order valence-corrected chi connectivity index (χ4v) is 2.86. The summed E-state index contributed by atoms with van der Waals surface area (Å²) in [7, 11) is 0. The summed E-state index contributed by atoms with van der Waals surface area (Å²) in [6, 6.07) is 2.85. The van der Waals surface area contributed by atoms with Crippen LogP contribution in [0.25, 0.3) is 0 Å². The van der Waals surface area contributed by atoms with E-state index in [0.717, 1.165) is 0 Å². The summed E-state index contributed by atoms with van der Waals surface area (Å²) in [6.07, 6.45) is 5.82. The van der Waals surface area contributed by atoms with E-state index in [-0.39, 0.29) is 19.4 Å². The molecule has 1 aliphatic heterocycles. The van der Waals surface area contributed by atoms with E-state index in [1.807, 2.05) is 11.8 Å². The number of aliphatic imine (C=N–C) groups is 1. The van der Waals surface area contributed by atoms with E-state index in [1.165, 1.54) is 25.3 Å². The largest absolute Gasteiger partial charge is 0.352 e.